The smallest absolute Gasteiger partial charge is 0.199 e. The van der Waals surface area contributed by atoms with Crippen LogP contribution in [0.1, 0.15) is 32.0 Å². The number of nitrogens with one attached hydrogen (secondary N) is 1. The van der Waals surface area contributed by atoms with Gasteiger partial charge in [0.25, 0.3) is 0 Å². The average molecular weight is 343 g/mol. The lowest BCUT2D eigenvalue weighted by Gasteiger charge is -2.02. The lowest BCUT2D eigenvalue weighted by molar-refractivity contribution is 0.0988. The molecular formula is C18H12ClFN2O2. The molecule has 4 nitrogen and oxygen atoms in total. The third-order valence-electron chi connectivity index (χ3n) is 3.52. The van der Waals surface area contributed by atoms with Crippen molar-refractivity contribution in [1.29, 1.82) is 0 Å². The summed E-state index contributed by atoms with van der Waals surface area (Å²) in [7, 11) is 0. The average Bonchev–Trinajstić information content (AvgIpc) is 3.05. The Labute approximate surface area is 142 Å². The third-order valence-corrected chi connectivity index (χ3v) is 3.84. The fraction of sp³-hybridized carbons (Fsp3) is 0.0556. The molecule has 0 atom stereocenters. The second-order valence-electron chi connectivity index (χ2n) is 5.19. The normalized spacial score (nSPS) is 10.6. The molecule has 0 aliphatic rings. The Bertz CT molecular complexity index is 886. The highest BCUT2D eigenvalue weighted by Crippen LogP contribution is 2.23. The van der Waals surface area contributed by atoms with Crippen LogP contribution < -0.4 is 0 Å². The van der Waals surface area contributed by atoms with Crippen LogP contribution in [-0.2, 0) is 6.42 Å². The molecule has 1 aromatic carbocycles. The molecule has 0 fully saturated rings. The minimum Gasteiger partial charge on any atom is -0.358 e. The number of pyridine rings is 1. The molecule has 2 aromatic heterocycles. The number of benzene rings is 1. The molecule has 0 saturated carbocycles. The number of carbonyl (C=O) groups is 2. The van der Waals surface area contributed by atoms with Crippen LogP contribution in [0.15, 0.2) is 55.0 Å². The van der Waals surface area contributed by atoms with Gasteiger partial charge in [0, 0.05) is 30.6 Å². The molecule has 6 heteroatoms. The lowest BCUT2D eigenvalue weighted by atomic mass is 10.0. The number of nitrogens with zero attached hydrogens (tertiary/aromatic N) is 1. The van der Waals surface area contributed by atoms with Crippen LogP contribution in [0.25, 0.3) is 0 Å². The first-order valence-corrected chi connectivity index (χ1v) is 7.53. The Hall–Kier alpha value is -2.79. The van der Waals surface area contributed by atoms with Gasteiger partial charge in [-0.25, -0.2) is 4.39 Å². The van der Waals surface area contributed by atoms with Crippen LogP contribution >= 0.6 is 11.6 Å². The largest absolute Gasteiger partial charge is 0.358 e. The van der Waals surface area contributed by atoms with Gasteiger partial charge in [-0.15, -0.1) is 0 Å². The number of rotatable bonds is 5. The van der Waals surface area contributed by atoms with Crippen LogP contribution in [0, 0.1) is 5.82 Å². The molecule has 120 valence electrons. The number of hydrogen-bond donors (Lipinski definition) is 1. The fourth-order valence-corrected chi connectivity index (χ4v) is 2.58. The molecule has 3 aromatic rings. The van der Waals surface area contributed by atoms with Crippen molar-refractivity contribution in [3.63, 3.8) is 0 Å². The highest BCUT2D eigenvalue weighted by Gasteiger charge is 2.20. The second-order valence-corrected chi connectivity index (χ2v) is 5.60. The summed E-state index contributed by atoms with van der Waals surface area (Å²) in [6.45, 7) is 0. The molecule has 0 spiro atoms. The summed E-state index contributed by atoms with van der Waals surface area (Å²) in [5.74, 6) is -1.46. The van der Waals surface area contributed by atoms with Crippen LogP contribution in [0.4, 0.5) is 4.39 Å². The van der Waals surface area contributed by atoms with Gasteiger partial charge in [-0.1, -0.05) is 23.7 Å². The number of H-pyrrole nitrogens is 1. The van der Waals surface area contributed by atoms with Gasteiger partial charge in [0.2, 0.25) is 0 Å². The number of ketones is 2. The first-order valence-electron chi connectivity index (χ1n) is 7.15. The summed E-state index contributed by atoms with van der Waals surface area (Å²) in [5.41, 5.74) is 1.01. The van der Waals surface area contributed by atoms with E-state index in [4.69, 9.17) is 11.6 Å². The Morgan fingerprint density at radius 3 is 2.75 bits per heavy atom. The highest BCUT2D eigenvalue weighted by atomic mass is 35.5. The van der Waals surface area contributed by atoms with Crippen molar-refractivity contribution in [2.24, 2.45) is 0 Å². The number of halogens is 2. The van der Waals surface area contributed by atoms with Crippen molar-refractivity contribution in [1.82, 2.24) is 9.97 Å². The minimum absolute atomic E-state index is 0.0319. The van der Waals surface area contributed by atoms with Gasteiger partial charge in [-0.2, -0.15) is 0 Å². The van der Waals surface area contributed by atoms with E-state index in [1.54, 1.807) is 24.5 Å². The zero-order chi connectivity index (χ0) is 17.1. The molecule has 0 saturated heterocycles. The maximum atomic E-state index is 13.9. The predicted octanol–water partition coefficient (Wildman–Crippen LogP) is 3.86. The minimum atomic E-state index is -0.697. The monoisotopic (exact) mass is 342 g/mol. The quantitative estimate of drug-likeness (QED) is 0.716. The highest BCUT2D eigenvalue weighted by molar-refractivity contribution is 6.35. The van der Waals surface area contributed by atoms with Gasteiger partial charge < -0.3 is 4.98 Å². The maximum absolute atomic E-state index is 13.9. The summed E-state index contributed by atoms with van der Waals surface area (Å²) < 4.78 is 13.9. The van der Waals surface area contributed by atoms with Crippen molar-refractivity contribution < 1.29 is 14.0 Å². The molecule has 3 rings (SSSR count). The van der Waals surface area contributed by atoms with E-state index in [9.17, 15) is 14.0 Å². The van der Waals surface area contributed by atoms with E-state index in [0.29, 0.717) is 0 Å². The van der Waals surface area contributed by atoms with E-state index in [0.717, 1.165) is 5.56 Å². The zero-order valence-electron chi connectivity index (χ0n) is 12.4. The SMILES string of the molecule is O=C(Cc1cccnc1)c1cc(C(=O)c2c(F)cccc2Cl)c[nH]1. The Kier molecular flexibility index (Phi) is 4.53. The van der Waals surface area contributed by atoms with Crippen molar-refractivity contribution >= 4 is 23.2 Å². The van der Waals surface area contributed by atoms with E-state index < -0.39 is 11.6 Å². The first-order chi connectivity index (χ1) is 11.6. The van der Waals surface area contributed by atoms with Crippen LogP contribution in [0.3, 0.4) is 0 Å². The van der Waals surface area contributed by atoms with Gasteiger partial charge in [0.05, 0.1) is 16.3 Å². The molecule has 0 unspecified atom stereocenters. The van der Waals surface area contributed by atoms with Gasteiger partial charge >= 0.3 is 0 Å². The van der Waals surface area contributed by atoms with E-state index in [1.807, 2.05) is 0 Å². The van der Waals surface area contributed by atoms with Crippen LogP contribution in [0.2, 0.25) is 5.02 Å². The molecule has 0 amide bonds. The van der Waals surface area contributed by atoms with E-state index in [2.05, 4.69) is 9.97 Å². The van der Waals surface area contributed by atoms with Gasteiger partial charge in [-0.3, -0.25) is 14.6 Å². The number of aromatic nitrogens is 2. The van der Waals surface area contributed by atoms with Crippen molar-refractivity contribution in [3.05, 3.63) is 88.2 Å². The molecule has 24 heavy (non-hydrogen) atoms. The molecule has 1 N–H and O–H groups in total. The second kappa shape index (κ2) is 6.76. The number of aromatic amines is 1. The molecule has 0 aliphatic carbocycles. The Morgan fingerprint density at radius 1 is 1.21 bits per heavy atom. The van der Waals surface area contributed by atoms with Gasteiger partial charge in [0.1, 0.15) is 5.82 Å². The maximum Gasteiger partial charge on any atom is 0.199 e. The Morgan fingerprint density at radius 2 is 2.04 bits per heavy atom. The van der Waals surface area contributed by atoms with Gasteiger partial charge in [0.15, 0.2) is 11.6 Å². The number of hydrogen-bond acceptors (Lipinski definition) is 3. The standard InChI is InChI=1S/C18H12ClFN2O2/c19-13-4-1-5-14(20)17(13)18(24)12-8-15(22-10-12)16(23)7-11-3-2-6-21-9-11/h1-6,8-10,22H,7H2. The molecule has 0 radical (unpaired) electrons. The fourth-order valence-electron chi connectivity index (χ4n) is 2.33. The first kappa shape index (κ1) is 16.1. The van der Waals surface area contributed by atoms with Crippen molar-refractivity contribution in [2.75, 3.05) is 0 Å². The lowest BCUT2D eigenvalue weighted by Crippen LogP contribution is -2.05. The summed E-state index contributed by atoms with van der Waals surface area (Å²) in [6, 6.07) is 8.98. The molecule has 0 aliphatic heterocycles. The molecule has 2 heterocycles. The third kappa shape index (κ3) is 3.26. The van der Waals surface area contributed by atoms with E-state index in [1.165, 1.54) is 30.5 Å². The van der Waals surface area contributed by atoms with Crippen LogP contribution in [-0.4, -0.2) is 21.5 Å². The van der Waals surface area contributed by atoms with Gasteiger partial charge in [-0.05, 0) is 29.8 Å². The Balaban J connectivity index is 1.83. The van der Waals surface area contributed by atoms with Crippen LogP contribution in [0.5, 0.6) is 0 Å². The molecular weight excluding hydrogens is 331 g/mol. The summed E-state index contributed by atoms with van der Waals surface area (Å²) in [4.78, 5) is 31.4. The van der Waals surface area contributed by atoms with E-state index >= 15 is 0 Å². The summed E-state index contributed by atoms with van der Waals surface area (Å²) in [5, 5.41) is 0.0319. The zero-order valence-corrected chi connectivity index (χ0v) is 13.2. The van der Waals surface area contributed by atoms with Crippen molar-refractivity contribution in [2.45, 2.75) is 6.42 Å². The summed E-state index contributed by atoms with van der Waals surface area (Å²) >= 11 is 5.91. The van der Waals surface area contributed by atoms with Crippen molar-refractivity contribution in [3.8, 4) is 0 Å². The molecule has 0 bridgehead atoms. The van der Waals surface area contributed by atoms with E-state index in [-0.39, 0.29) is 34.0 Å². The number of Topliss-reactive ketones (excluding diaryl/α,β-unsaturated/α-hetero) is 1. The summed E-state index contributed by atoms with van der Waals surface area (Å²) in [6.07, 6.45) is 4.76. The topological polar surface area (TPSA) is 62.8 Å². The number of carbonyl (C=O) groups excluding carboxylic acids is 2. The predicted molar refractivity (Wildman–Crippen MR) is 87.9 cm³/mol.